The zero-order chi connectivity index (χ0) is 13.8. The first-order valence-corrected chi connectivity index (χ1v) is 6.76. The van der Waals surface area contributed by atoms with Gasteiger partial charge >= 0.3 is 0 Å². The number of nitrogen functional groups attached to an aromatic ring is 1. The fraction of sp³-hybridized carbons (Fsp3) is 0.571. The monoisotopic (exact) mass is 259 g/mol. The molecule has 19 heavy (non-hydrogen) atoms. The van der Waals surface area contributed by atoms with Gasteiger partial charge < -0.3 is 15.5 Å². The largest absolute Gasteiger partial charge is 0.397 e. The van der Waals surface area contributed by atoms with Gasteiger partial charge in [0.1, 0.15) is 11.9 Å². The van der Waals surface area contributed by atoms with Gasteiger partial charge in [-0.2, -0.15) is 5.26 Å². The molecule has 2 rings (SSSR count). The predicted molar refractivity (Wildman–Crippen MR) is 76.9 cm³/mol. The number of nitrogens with zero attached hydrogens (tertiary/aromatic N) is 4. The minimum absolute atomic E-state index is 0.399. The van der Waals surface area contributed by atoms with E-state index in [0.29, 0.717) is 17.3 Å². The zero-order valence-electron chi connectivity index (χ0n) is 11.6. The van der Waals surface area contributed by atoms with E-state index in [2.05, 4.69) is 34.8 Å². The van der Waals surface area contributed by atoms with Crippen molar-refractivity contribution in [2.24, 2.45) is 0 Å². The van der Waals surface area contributed by atoms with Crippen LogP contribution in [-0.2, 0) is 0 Å². The van der Waals surface area contributed by atoms with Gasteiger partial charge in [-0.05, 0) is 32.5 Å². The number of nitrogens with two attached hydrogens (primary N) is 1. The third kappa shape index (κ3) is 2.96. The fourth-order valence-electron chi connectivity index (χ4n) is 2.66. The average molecular weight is 259 g/mol. The molecule has 0 aliphatic carbocycles. The standard InChI is InChI=1S/C14H21N5/c1-3-13-10-18(2)5-4-6-19(13)14-11(8-15)7-12(16)9-17-14/h7,9,13H,3-6,10,16H2,1-2H3. The Morgan fingerprint density at radius 3 is 3.00 bits per heavy atom. The third-order valence-corrected chi connectivity index (χ3v) is 3.65. The van der Waals surface area contributed by atoms with Crippen LogP contribution in [0.3, 0.4) is 0 Å². The van der Waals surface area contributed by atoms with Crippen LogP contribution in [-0.4, -0.2) is 42.6 Å². The van der Waals surface area contributed by atoms with Gasteiger partial charge in [-0.1, -0.05) is 6.92 Å². The lowest BCUT2D eigenvalue weighted by molar-refractivity contribution is 0.327. The van der Waals surface area contributed by atoms with Crippen LogP contribution in [0.25, 0.3) is 0 Å². The minimum Gasteiger partial charge on any atom is -0.397 e. The number of hydrogen-bond donors (Lipinski definition) is 1. The van der Waals surface area contributed by atoms with Crippen LogP contribution in [0, 0.1) is 11.3 Å². The van der Waals surface area contributed by atoms with E-state index in [1.807, 2.05) is 0 Å². The average Bonchev–Trinajstić information content (AvgIpc) is 2.60. The summed E-state index contributed by atoms with van der Waals surface area (Å²) < 4.78 is 0. The van der Waals surface area contributed by atoms with Crippen molar-refractivity contribution in [3.05, 3.63) is 17.8 Å². The molecule has 1 aliphatic rings. The van der Waals surface area contributed by atoms with E-state index >= 15 is 0 Å². The fourth-order valence-corrected chi connectivity index (χ4v) is 2.66. The molecule has 0 bridgehead atoms. The molecule has 0 amide bonds. The highest BCUT2D eigenvalue weighted by atomic mass is 15.3. The lowest BCUT2D eigenvalue weighted by Crippen LogP contribution is -2.40. The number of aromatic nitrogens is 1. The number of likely N-dealkylation sites (N-methyl/N-ethyl adjacent to an activating group) is 1. The van der Waals surface area contributed by atoms with Gasteiger partial charge in [0.15, 0.2) is 0 Å². The van der Waals surface area contributed by atoms with Gasteiger partial charge in [0.25, 0.3) is 0 Å². The molecule has 0 spiro atoms. The van der Waals surface area contributed by atoms with Crippen molar-refractivity contribution in [2.75, 3.05) is 37.3 Å². The number of pyridine rings is 1. The Bertz CT molecular complexity index is 479. The number of hydrogen-bond acceptors (Lipinski definition) is 5. The molecule has 102 valence electrons. The van der Waals surface area contributed by atoms with Crippen LogP contribution in [0.2, 0.25) is 0 Å². The van der Waals surface area contributed by atoms with Crippen LogP contribution in [0.1, 0.15) is 25.3 Å². The van der Waals surface area contributed by atoms with Crippen LogP contribution < -0.4 is 10.6 Å². The van der Waals surface area contributed by atoms with Gasteiger partial charge in [0, 0.05) is 19.1 Å². The summed E-state index contributed by atoms with van der Waals surface area (Å²) in [5.74, 6) is 0.777. The molecule has 1 aromatic heterocycles. The Kier molecular flexibility index (Phi) is 4.23. The van der Waals surface area contributed by atoms with Gasteiger partial charge in [-0.3, -0.25) is 0 Å². The summed E-state index contributed by atoms with van der Waals surface area (Å²) in [5.41, 5.74) is 6.83. The van der Waals surface area contributed by atoms with Crippen molar-refractivity contribution < 1.29 is 0 Å². The first-order chi connectivity index (χ1) is 9.15. The Balaban J connectivity index is 2.35. The van der Waals surface area contributed by atoms with E-state index in [-0.39, 0.29) is 0 Å². The molecule has 1 saturated heterocycles. The molecular weight excluding hydrogens is 238 g/mol. The third-order valence-electron chi connectivity index (χ3n) is 3.65. The molecule has 0 aromatic carbocycles. The highest BCUT2D eigenvalue weighted by Gasteiger charge is 2.25. The summed E-state index contributed by atoms with van der Waals surface area (Å²) in [6, 6.07) is 4.32. The van der Waals surface area contributed by atoms with Crippen molar-refractivity contribution >= 4 is 11.5 Å². The van der Waals surface area contributed by atoms with Gasteiger partial charge in [-0.25, -0.2) is 4.98 Å². The molecule has 1 atom stereocenters. The van der Waals surface area contributed by atoms with Crippen molar-refractivity contribution in [3.63, 3.8) is 0 Å². The second kappa shape index (κ2) is 5.89. The highest BCUT2D eigenvalue weighted by molar-refractivity contribution is 5.59. The second-order valence-corrected chi connectivity index (χ2v) is 5.12. The molecule has 5 heteroatoms. The topological polar surface area (TPSA) is 69.2 Å². The molecule has 2 heterocycles. The molecule has 2 N–H and O–H groups in total. The maximum absolute atomic E-state index is 9.27. The first-order valence-electron chi connectivity index (χ1n) is 6.76. The van der Waals surface area contributed by atoms with Gasteiger partial charge in [-0.15, -0.1) is 0 Å². The SMILES string of the molecule is CCC1CN(C)CCCN1c1ncc(N)cc1C#N. The van der Waals surface area contributed by atoms with Crippen LogP contribution in [0.5, 0.6) is 0 Å². The summed E-state index contributed by atoms with van der Waals surface area (Å²) in [4.78, 5) is 9.01. The van der Waals surface area contributed by atoms with Crippen molar-refractivity contribution in [2.45, 2.75) is 25.8 Å². The first kappa shape index (κ1) is 13.6. The van der Waals surface area contributed by atoms with Crippen molar-refractivity contribution in [1.29, 1.82) is 5.26 Å². The van der Waals surface area contributed by atoms with E-state index in [4.69, 9.17) is 5.73 Å². The van der Waals surface area contributed by atoms with Crippen LogP contribution >= 0.6 is 0 Å². The second-order valence-electron chi connectivity index (χ2n) is 5.12. The minimum atomic E-state index is 0.399. The molecule has 0 radical (unpaired) electrons. The molecule has 1 aromatic rings. The smallest absolute Gasteiger partial charge is 0.146 e. The molecule has 0 saturated carbocycles. The maximum atomic E-state index is 9.27. The quantitative estimate of drug-likeness (QED) is 0.870. The van der Waals surface area contributed by atoms with E-state index in [0.717, 1.165) is 38.3 Å². The van der Waals surface area contributed by atoms with E-state index in [9.17, 15) is 5.26 Å². The zero-order valence-corrected chi connectivity index (χ0v) is 11.6. The summed E-state index contributed by atoms with van der Waals surface area (Å²) in [7, 11) is 2.15. The Morgan fingerprint density at radius 1 is 1.53 bits per heavy atom. The van der Waals surface area contributed by atoms with Gasteiger partial charge in [0.05, 0.1) is 17.4 Å². The normalized spacial score (nSPS) is 20.9. The number of rotatable bonds is 2. The number of nitriles is 1. The van der Waals surface area contributed by atoms with E-state index in [1.165, 1.54) is 0 Å². The summed E-state index contributed by atoms with van der Waals surface area (Å²) in [6.07, 6.45) is 3.77. The Hall–Kier alpha value is -1.80. The Labute approximate surface area is 114 Å². The molecule has 1 unspecified atom stereocenters. The van der Waals surface area contributed by atoms with Crippen LogP contribution in [0.4, 0.5) is 11.5 Å². The summed E-state index contributed by atoms with van der Waals surface area (Å²) in [6.45, 7) is 5.21. The molecule has 1 aliphatic heterocycles. The highest BCUT2D eigenvalue weighted by Crippen LogP contribution is 2.24. The number of anilines is 2. The Morgan fingerprint density at radius 2 is 2.32 bits per heavy atom. The lowest BCUT2D eigenvalue weighted by atomic mass is 10.1. The van der Waals surface area contributed by atoms with E-state index in [1.54, 1.807) is 12.3 Å². The molecule has 5 nitrogen and oxygen atoms in total. The van der Waals surface area contributed by atoms with Gasteiger partial charge in [0.2, 0.25) is 0 Å². The maximum Gasteiger partial charge on any atom is 0.146 e. The lowest BCUT2D eigenvalue weighted by Gasteiger charge is -2.31. The molecular formula is C14H21N5. The van der Waals surface area contributed by atoms with E-state index < -0.39 is 0 Å². The summed E-state index contributed by atoms with van der Waals surface area (Å²) >= 11 is 0. The summed E-state index contributed by atoms with van der Waals surface area (Å²) in [5, 5.41) is 9.27. The van der Waals surface area contributed by atoms with Crippen molar-refractivity contribution in [1.82, 2.24) is 9.88 Å². The van der Waals surface area contributed by atoms with Crippen LogP contribution in [0.15, 0.2) is 12.3 Å². The predicted octanol–water partition coefficient (Wildman–Crippen LogP) is 1.46. The van der Waals surface area contributed by atoms with Crippen molar-refractivity contribution in [3.8, 4) is 6.07 Å². The molecule has 1 fully saturated rings.